The zero-order valence-electron chi connectivity index (χ0n) is 23.4. The average Bonchev–Trinajstić information content (AvgIpc) is 3.37. The monoisotopic (exact) mass is 564 g/mol. The molecule has 0 fully saturated rings. The van der Waals surface area contributed by atoms with Gasteiger partial charge >= 0.3 is 0 Å². The van der Waals surface area contributed by atoms with Gasteiger partial charge in [0, 0.05) is 17.3 Å². The molecule has 2 aromatic heterocycles. The van der Waals surface area contributed by atoms with Crippen molar-refractivity contribution in [3.05, 3.63) is 71.7 Å². The van der Waals surface area contributed by atoms with Crippen LogP contribution in [0.25, 0.3) is 16.9 Å². The van der Waals surface area contributed by atoms with Gasteiger partial charge in [-0.25, -0.2) is 13.1 Å². The zero-order chi connectivity index (χ0) is 29.2. The van der Waals surface area contributed by atoms with Crippen LogP contribution in [0.1, 0.15) is 42.3 Å². The van der Waals surface area contributed by atoms with Crippen LogP contribution in [-0.4, -0.2) is 54.8 Å². The van der Waals surface area contributed by atoms with E-state index in [1.807, 2.05) is 39.8 Å². The fraction of sp³-hybridized carbons (Fsp3) is 0.286. The van der Waals surface area contributed by atoms with Gasteiger partial charge in [0.25, 0.3) is 5.91 Å². The molecule has 2 aromatic carbocycles. The van der Waals surface area contributed by atoms with E-state index < -0.39 is 15.9 Å². The molecule has 0 bridgehead atoms. The molecule has 12 heteroatoms. The average molecular weight is 565 g/mol. The number of nitrogens with one attached hydrogen (secondary N) is 2. The molecule has 0 unspecified atom stereocenters. The minimum Gasteiger partial charge on any atom is -0.495 e. The number of rotatable bonds is 8. The number of hydrogen-bond acceptors (Lipinski definition) is 8. The highest BCUT2D eigenvalue weighted by Crippen LogP contribution is 2.39. The van der Waals surface area contributed by atoms with Gasteiger partial charge in [-0.05, 0) is 53.8 Å². The van der Waals surface area contributed by atoms with Crippen molar-refractivity contribution >= 4 is 27.3 Å². The Balaban J connectivity index is 1.69. The quantitative estimate of drug-likeness (QED) is 0.317. The van der Waals surface area contributed by atoms with E-state index in [0.717, 1.165) is 22.9 Å². The van der Waals surface area contributed by atoms with Crippen LogP contribution in [0.2, 0.25) is 0 Å². The van der Waals surface area contributed by atoms with Crippen molar-refractivity contribution in [2.45, 2.75) is 33.1 Å². The maximum atomic E-state index is 13.5. The third-order valence-corrected chi connectivity index (χ3v) is 6.75. The van der Waals surface area contributed by atoms with Crippen LogP contribution in [-0.2, 0) is 15.4 Å². The number of benzene rings is 2. The summed E-state index contributed by atoms with van der Waals surface area (Å²) in [5.41, 5.74) is 4.28. The van der Waals surface area contributed by atoms with E-state index in [1.165, 1.54) is 7.11 Å². The van der Waals surface area contributed by atoms with E-state index in [4.69, 9.17) is 9.47 Å². The summed E-state index contributed by atoms with van der Waals surface area (Å²) in [7, 11) is -0.621. The number of amides is 1. The number of aromatic nitrogens is 4. The normalized spacial score (nSPS) is 11.7. The summed E-state index contributed by atoms with van der Waals surface area (Å²) < 4.78 is 38.9. The van der Waals surface area contributed by atoms with Crippen molar-refractivity contribution in [2.75, 3.05) is 30.5 Å². The number of aryl methyl sites for hydroxylation is 1. The van der Waals surface area contributed by atoms with Crippen molar-refractivity contribution in [2.24, 2.45) is 0 Å². The molecule has 40 heavy (non-hydrogen) atoms. The highest BCUT2D eigenvalue weighted by Gasteiger charge is 2.23. The van der Waals surface area contributed by atoms with Crippen LogP contribution in [0.3, 0.4) is 0 Å². The number of carbonyl (C=O) groups excluding carboxylic acids is 1. The van der Waals surface area contributed by atoms with Crippen molar-refractivity contribution in [3.63, 3.8) is 0 Å². The Bertz CT molecular complexity index is 1670. The van der Waals surface area contributed by atoms with Crippen molar-refractivity contribution in [1.82, 2.24) is 20.0 Å². The van der Waals surface area contributed by atoms with E-state index in [2.05, 4.69) is 25.3 Å². The molecular formula is C28H32N6O5S. The smallest absolute Gasteiger partial charge is 0.255 e. The van der Waals surface area contributed by atoms with Crippen molar-refractivity contribution < 1.29 is 22.7 Å². The molecule has 210 valence electrons. The van der Waals surface area contributed by atoms with Gasteiger partial charge in [-0.15, -0.1) is 5.10 Å². The van der Waals surface area contributed by atoms with E-state index in [0.29, 0.717) is 28.4 Å². The number of sulfonamides is 1. The summed E-state index contributed by atoms with van der Waals surface area (Å²) in [4.78, 5) is 17.6. The Hall–Kier alpha value is -4.45. The Kier molecular flexibility index (Phi) is 7.83. The highest BCUT2D eigenvalue weighted by atomic mass is 32.2. The molecule has 0 aliphatic carbocycles. The molecule has 0 spiro atoms. The fourth-order valence-corrected chi connectivity index (χ4v) is 4.58. The predicted molar refractivity (Wildman–Crippen MR) is 154 cm³/mol. The minimum absolute atomic E-state index is 0.201. The zero-order valence-corrected chi connectivity index (χ0v) is 24.3. The molecule has 0 radical (unpaired) electrons. The van der Waals surface area contributed by atoms with Crippen LogP contribution >= 0.6 is 0 Å². The summed E-state index contributed by atoms with van der Waals surface area (Å²) >= 11 is 0. The summed E-state index contributed by atoms with van der Waals surface area (Å²) in [6, 6.07) is 10.5. The lowest BCUT2D eigenvalue weighted by Gasteiger charge is -2.24. The number of carbonyl (C=O) groups is 1. The first-order valence-electron chi connectivity index (χ1n) is 12.3. The van der Waals surface area contributed by atoms with Crippen molar-refractivity contribution in [3.8, 4) is 28.4 Å². The molecule has 2 heterocycles. The third-order valence-electron chi connectivity index (χ3n) is 6.16. The SMILES string of the molecule is COc1cncc(-c2cn(-c3cc(C(=O)Nc4cc(C(C)(C)C)cc(NS(C)(=O)=O)c4OC)ccc3C)nn2)c1. The Morgan fingerprint density at radius 3 is 2.38 bits per heavy atom. The summed E-state index contributed by atoms with van der Waals surface area (Å²) in [5.74, 6) is 0.392. The maximum Gasteiger partial charge on any atom is 0.255 e. The summed E-state index contributed by atoms with van der Waals surface area (Å²) in [5, 5.41) is 11.4. The molecule has 0 saturated heterocycles. The second kappa shape index (κ2) is 11.0. The molecule has 0 atom stereocenters. The van der Waals surface area contributed by atoms with E-state index in [9.17, 15) is 13.2 Å². The molecule has 11 nitrogen and oxygen atoms in total. The van der Waals surface area contributed by atoms with Gasteiger partial charge in [0.2, 0.25) is 10.0 Å². The highest BCUT2D eigenvalue weighted by molar-refractivity contribution is 7.92. The fourth-order valence-electron chi connectivity index (χ4n) is 4.03. The minimum atomic E-state index is -3.60. The van der Waals surface area contributed by atoms with Gasteiger partial charge in [-0.3, -0.25) is 14.5 Å². The number of methoxy groups -OCH3 is 2. The lowest BCUT2D eigenvalue weighted by atomic mass is 9.86. The number of pyridine rings is 1. The number of anilines is 2. The second-order valence-electron chi connectivity index (χ2n) is 10.3. The molecule has 4 rings (SSSR count). The largest absolute Gasteiger partial charge is 0.495 e. The van der Waals surface area contributed by atoms with E-state index in [1.54, 1.807) is 54.6 Å². The number of hydrogen-bond donors (Lipinski definition) is 2. The maximum absolute atomic E-state index is 13.5. The number of ether oxygens (including phenoxy) is 2. The molecular weight excluding hydrogens is 532 g/mol. The first-order chi connectivity index (χ1) is 18.8. The second-order valence-corrected chi connectivity index (χ2v) is 12.1. The molecule has 0 aliphatic rings. The Labute approximate surface area is 233 Å². The summed E-state index contributed by atoms with van der Waals surface area (Å²) in [6.07, 6.45) is 6.08. The van der Waals surface area contributed by atoms with Crippen LogP contribution in [0.15, 0.2) is 55.0 Å². The van der Waals surface area contributed by atoms with Gasteiger partial charge in [0.15, 0.2) is 5.75 Å². The van der Waals surface area contributed by atoms with Gasteiger partial charge in [0.05, 0.1) is 49.9 Å². The first-order valence-corrected chi connectivity index (χ1v) is 14.2. The van der Waals surface area contributed by atoms with Crippen molar-refractivity contribution in [1.29, 1.82) is 0 Å². The molecule has 4 aromatic rings. The van der Waals surface area contributed by atoms with Gasteiger partial charge < -0.3 is 14.8 Å². The molecule has 0 saturated carbocycles. The Morgan fingerprint density at radius 2 is 1.73 bits per heavy atom. The van der Waals surface area contributed by atoms with Gasteiger partial charge in [-0.1, -0.05) is 32.1 Å². The number of nitrogens with zero attached hydrogens (tertiary/aromatic N) is 4. The van der Waals surface area contributed by atoms with Gasteiger partial charge in [-0.2, -0.15) is 0 Å². The third kappa shape index (κ3) is 6.40. The van der Waals surface area contributed by atoms with E-state index >= 15 is 0 Å². The topological polar surface area (TPSA) is 137 Å². The van der Waals surface area contributed by atoms with Crippen LogP contribution in [0.4, 0.5) is 11.4 Å². The Morgan fingerprint density at radius 1 is 1.00 bits per heavy atom. The van der Waals surface area contributed by atoms with Gasteiger partial charge in [0.1, 0.15) is 11.4 Å². The lowest BCUT2D eigenvalue weighted by Crippen LogP contribution is -2.18. The molecule has 2 N–H and O–H groups in total. The standard InChI is InChI=1S/C28H32N6O5S/c1-17-8-9-18(11-25(17)34-16-24(31-33-34)19-10-21(38-5)15-29-14-19)27(35)30-22-12-20(28(2,3)4)13-23(26(22)39-6)32-40(7,36)37/h8-16,32H,1-7H3,(H,30,35). The lowest BCUT2D eigenvalue weighted by molar-refractivity contribution is 0.102. The van der Waals surface area contributed by atoms with Crippen LogP contribution in [0.5, 0.6) is 11.5 Å². The molecule has 0 aliphatic heterocycles. The predicted octanol–water partition coefficient (Wildman–Crippen LogP) is 4.58. The first kappa shape index (κ1) is 28.6. The molecule has 1 amide bonds. The summed E-state index contributed by atoms with van der Waals surface area (Å²) in [6.45, 7) is 7.88. The van der Waals surface area contributed by atoms with Crippen LogP contribution < -0.4 is 19.5 Å². The van der Waals surface area contributed by atoms with Crippen LogP contribution in [0, 0.1) is 6.92 Å². The van der Waals surface area contributed by atoms with E-state index in [-0.39, 0.29) is 16.9 Å².